The van der Waals surface area contributed by atoms with Crippen molar-refractivity contribution < 1.29 is 14.0 Å². The third-order valence-electron chi connectivity index (χ3n) is 4.35. The predicted octanol–water partition coefficient (Wildman–Crippen LogP) is 3.18. The predicted molar refractivity (Wildman–Crippen MR) is 114 cm³/mol. The number of hydrogen-bond donors (Lipinski definition) is 2. The lowest BCUT2D eigenvalue weighted by atomic mass is 10.1. The molecule has 10 heteroatoms. The second-order valence-corrected chi connectivity index (χ2v) is 8.20. The van der Waals surface area contributed by atoms with E-state index >= 15 is 0 Å². The van der Waals surface area contributed by atoms with Gasteiger partial charge in [0.2, 0.25) is 5.91 Å². The Balaban J connectivity index is 1.48. The summed E-state index contributed by atoms with van der Waals surface area (Å²) in [6.07, 6.45) is 1.71. The number of imide groups is 1. The number of hydrogen-bond acceptors (Lipinski definition) is 6. The molecule has 0 saturated heterocycles. The molecule has 2 N–H and O–H groups in total. The van der Waals surface area contributed by atoms with Gasteiger partial charge < -0.3 is 9.55 Å². The summed E-state index contributed by atoms with van der Waals surface area (Å²) in [5.41, 5.74) is 1.41. The van der Waals surface area contributed by atoms with Crippen molar-refractivity contribution in [1.82, 2.24) is 19.9 Å². The quantitative estimate of drug-likeness (QED) is 0.366. The summed E-state index contributed by atoms with van der Waals surface area (Å²) in [4.78, 5) is 44.3. The van der Waals surface area contributed by atoms with E-state index in [-0.39, 0.29) is 22.3 Å². The summed E-state index contributed by atoms with van der Waals surface area (Å²) < 4.78 is 14.8. The van der Waals surface area contributed by atoms with Gasteiger partial charge in [0, 0.05) is 24.2 Å². The van der Waals surface area contributed by atoms with Gasteiger partial charge in [-0.15, -0.1) is 11.3 Å². The molecule has 3 heterocycles. The van der Waals surface area contributed by atoms with Crippen LogP contribution in [-0.4, -0.2) is 32.1 Å². The number of benzene rings is 1. The third-order valence-corrected chi connectivity index (χ3v) is 6.09. The Labute approximate surface area is 178 Å². The molecular weight excluding hydrogens is 427 g/mol. The average molecular weight is 442 g/mol. The third kappa shape index (κ3) is 4.05. The standard InChI is InChI=1S/C20H15FN4O3S2/c1-25-8-2-3-14(25)17(27)22-15(26)10-30-20-23-18(28)16-13(9-29-19(16)24-20)11-4-6-12(21)7-5-11/h2-9H,10H2,1H3,(H,22,26,27)(H,23,24,28). The molecule has 30 heavy (non-hydrogen) atoms. The van der Waals surface area contributed by atoms with Crippen LogP contribution in [0.1, 0.15) is 10.5 Å². The Morgan fingerprint density at radius 2 is 2.03 bits per heavy atom. The van der Waals surface area contributed by atoms with Crippen molar-refractivity contribution in [3.05, 3.63) is 69.8 Å². The molecule has 0 unspecified atom stereocenters. The van der Waals surface area contributed by atoms with Crippen LogP contribution in [0, 0.1) is 5.82 Å². The van der Waals surface area contributed by atoms with Crippen molar-refractivity contribution >= 4 is 45.1 Å². The number of carbonyl (C=O) groups is 2. The molecule has 152 valence electrons. The maximum atomic E-state index is 13.2. The second-order valence-electron chi connectivity index (χ2n) is 6.38. The molecule has 4 rings (SSSR count). The number of carbonyl (C=O) groups excluding carboxylic acids is 2. The summed E-state index contributed by atoms with van der Waals surface area (Å²) in [5, 5.41) is 4.79. The van der Waals surface area contributed by atoms with Gasteiger partial charge in [-0.1, -0.05) is 23.9 Å². The smallest absolute Gasteiger partial charge is 0.274 e. The van der Waals surface area contributed by atoms with Crippen molar-refractivity contribution in [3.63, 3.8) is 0 Å². The van der Waals surface area contributed by atoms with E-state index in [1.165, 1.54) is 23.5 Å². The highest BCUT2D eigenvalue weighted by atomic mass is 32.2. The van der Waals surface area contributed by atoms with Gasteiger partial charge >= 0.3 is 0 Å². The zero-order chi connectivity index (χ0) is 21.3. The second kappa shape index (κ2) is 8.25. The van der Waals surface area contributed by atoms with Crippen LogP contribution in [0.15, 0.2) is 57.9 Å². The highest BCUT2D eigenvalue weighted by molar-refractivity contribution is 7.99. The summed E-state index contributed by atoms with van der Waals surface area (Å²) in [6, 6.07) is 9.19. The molecule has 0 radical (unpaired) electrons. The molecule has 0 fully saturated rings. The average Bonchev–Trinajstić information content (AvgIpc) is 3.33. The number of nitrogens with one attached hydrogen (secondary N) is 2. The van der Waals surface area contributed by atoms with Crippen molar-refractivity contribution in [1.29, 1.82) is 0 Å². The lowest BCUT2D eigenvalue weighted by Crippen LogP contribution is -2.33. The molecule has 4 aromatic rings. The first-order chi connectivity index (χ1) is 14.4. The maximum Gasteiger partial charge on any atom is 0.274 e. The zero-order valence-corrected chi connectivity index (χ0v) is 17.3. The van der Waals surface area contributed by atoms with Crippen molar-refractivity contribution in [2.75, 3.05) is 5.75 Å². The lowest BCUT2D eigenvalue weighted by molar-refractivity contribution is -0.117. The zero-order valence-electron chi connectivity index (χ0n) is 15.6. The molecule has 0 atom stereocenters. The van der Waals surface area contributed by atoms with E-state index in [1.54, 1.807) is 47.5 Å². The highest BCUT2D eigenvalue weighted by Gasteiger charge is 2.16. The summed E-state index contributed by atoms with van der Waals surface area (Å²) in [7, 11) is 1.71. The molecular formula is C20H15FN4O3S2. The monoisotopic (exact) mass is 442 g/mol. The lowest BCUT2D eigenvalue weighted by Gasteiger charge is -2.05. The van der Waals surface area contributed by atoms with E-state index < -0.39 is 11.8 Å². The Bertz CT molecular complexity index is 1310. The number of thiophene rings is 1. The number of halogens is 1. The number of fused-ring (bicyclic) bond motifs is 1. The van der Waals surface area contributed by atoms with Crippen LogP contribution in [-0.2, 0) is 11.8 Å². The number of aromatic amines is 1. The van der Waals surface area contributed by atoms with Gasteiger partial charge in [-0.25, -0.2) is 9.37 Å². The van der Waals surface area contributed by atoms with Crippen LogP contribution in [0.4, 0.5) is 4.39 Å². The van der Waals surface area contributed by atoms with Gasteiger partial charge in [0.1, 0.15) is 16.3 Å². The van der Waals surface area contributed by atoms with Gasteiger partial charge in [0.25, 0.3) is 11.5 Å². The van der Waals surface area contributed by atoms with Crippen LogP contribution >= 0.6 is 23.1 Å². The van der Waals surface area contributed by atoms with Crippen molar-refractivity contribution in [2.45, 2.75) is 5.16 Å². The fraction of sp³-hybridized carbons (Fsp3) is 0.100. The Morgan fingerprint density at radius 1 is 1.27 bits per heavy atom. The first kappa shape index (κ1) is 20.0. The van der Waals surface area contributed by atoms with E-state index in [9.17, 15) is 18.8 Å². The van der Waals surface area contributed by atoms with E-state index in [1.807, 2.05) is 0 Å². The minimum absolute atomic E-state index is 0.0825. The molecule has 0 aliphatic rings. The number of rotatable bonds is 5. The molecule has 3 aromatic heterocycles. The first-order valence-corrected chi connectivity index (χ1v) is 10.6. The molecule has 0 aliphatic heterocycles. The Hall–Kier alpha value is -3.24. The molecule has 2 amide bonds. The maximum absolute atomic E-state index is 13.2. The molecule has 0 saturated carbocycles. The molecule has 7 nitrogen and oxygen atoms in total. The Morgan fingerprint density at radius 3 is 2.73 bits per heavy atom. The van der Waals surface area contributed by atoms with Gasteiger partial charge in [0.05, 0.1) is 11.1 Å². The Kier molecular flexibility index (Phi) is 5.51. The van der Waals surface area contributed by atoms with E-state index in [0.717, 1.165) is 11.8 Å². The van der Waals surface area contributed by atoms with Crippen LogP contribution in [0.2, 0.25) is 0 Å². The fourth-order valence-corrected chi connectivity index (χ4v) is 4.56. The number of thioether (sulfide) groups is 1. The molecule has 0 bridgehead atoms. The van der Waals surface area contributed by atoms with E-state index in [2.05, 4.69) is 15.3 Å². The number of nitrogens with zero attached hydrogens (tertiary/aromatic N) is 2. The first-order valence-electron chi connectivity index (χ1n) is 8.78. The van der Waals surface area contributed by atoms with Crippen molar-refractivity contribution in [3.8, 4) is 11.1 Å². The molecule has 0 spiro atoms. The minimum atomic E-state index is -0.493. The van der Waals surface area contributed by atoms with E-state index in [4.69, 9.17) is 0 Å². The van der Waals surface area contributed by atoms with Gasteiger partial charge in [-0.05, 0) is 29.8 Å². The largest absolute Gasteiger partial charge is 0.347 e. The summed E-state index contributed by atoms with van der Waals surface area (Å²) in [6.45, 7) is 0. The van der Waals surface area contributed by atoms with Crippen LogP contribution in [0.3, 0.4) is 0 Å². The fourth-order valence-electron chi connectivity index (χ4n) is 2.90. The summed E-state index contributed by atoms with van der Waals surface area (Å²) >= 11 is 2.32. The van der Waals surface area contributed by atoms with Gasteiger partial charge in [0.15, 0.2) is 5.16 Å². The van der Waals surface area contributed by atoms with E-state index in [0.29, 0.717) is 27.0 Å². The van der Waals surface area contributed by atoms with Crippen molar-refractivity contribution in [2.24, 2.45) is 7.05 Å². The van der Waals surface area contributed by atoms with Gasteiger partial charge in [-0.2, -0.15) is 0 Å². The van der Waals surface area contributed by atoms with Crippen LogP contribution in [0.25, 0.3) is 21.3 Å². The minimum Gasteiger partial charge on any atom is -0.347 e. The van der Waals surface area contributed by atoms with Gasteiger partial charge in [-0.3, -0.25) is 19.7 Å². The number of amides is 2. The van der Waals surface area contributed by atoms with Crippen LogP contribution in [0.5, 0.6) is 0 Å². The number of aromatic nitrogens is 3. The number of aryl methyl sites for hydroxylation is 1. The SMILES string of the molecule is Cn1cccc1C(=O)NC(=O)CSc1nc2scc(-c3ccc(F)cc3)c2c(=O)[nH]1. The molecule has 1 aromatic carbocycles. The van der Waals surface area contributed by atoms with Crippen LogP contribution < -0.4 is 10.9 Å². The number of H-pyrrole nitrogens is 1. The highest BCUT2D eigenvalue weighted by Crippen LogP contribution is 2.31. The normalized spacial score (nSPS) is 11.0. The topological polar surface area (TPSA) is 96.8 Å². The summed E-state index contributed by atoms with van der Waals surface area (Å²) in [5.74, 6) is -1.42. The molecule has 0 aliphatic carbocycles.